The molecule has 0 N–H and O–H groups in total. The van der Waals surface area contributed by atoms with Gasteiger partial charge in [0.1, 0.15) is 0 Å². The Morgan fingerprint density at radius 1 is 1.33 bits per heavy atom. The van der Waals surface area contributed by atoms with Crippen molar-refractivity contribution < 1.29 is 0 Å². The summed E-state index contributed by atoms with van der Waals surface area (Å²) in [6, 6.07) is 10.7. The SMILES string of the molecule is C[C@@]1(Br)CCCN(Cc2ccccc2)C1. The van der Waals surface area contributed by atoms with Crippen molar-refractivity contribution in [2.24, 2.45) is 0 Å². The molecule has 1 fully saturated rings. The predicted molar refractivity (Wildman–Crippen MR) is 68.3 cm³/mol. The first-order valence-electron chi connectivity index (χ1n) is 5.61. The molecule has 0 aromatic heterocycles. The van der Waals surface area contributed by atoms with Crippen molar-refractivity contribution in [1.82, 2.24) is 4.90 Å². The molecule has 2 heteroatoms. The smallest absolute Gasteiger partial charge is 0.0357 e. The zero-order valence-electron chi connectivity index (χ0n) is 9.25. The Morgan fingerprint density at radius 3 is 2.73 bits per heavy atom. The Bertz CT molecular complexity index is 308. The molecule has 0 radical (unpaired) electrons. The van der Waals surface area contributed by atoms with Crippen LogP contribution in [0.3, 0.4) is 0 Å². The fourth-order valence-electron chi connectivity index (χ4n) is 2.27. The van der Waals surface area contributed by atoms with E-state index in [-0.39, 0.29) is 0 Å². The Labute approximate surface area is 101 Å². The monoisotopic (exact) mass is 267 g/mol. The van der Waals surface area contributed by atoms with E-state index in [1.54, 1.807) is 0 Å². The fraction of sp³-hybridized carbons (Fsp3) is 0.538. The summed E-state index contributed by atoms with van der Waals surface area (Å²) in [6.07, 6.45) is 2.59. The van der Waals surface area contributed by atoms with Crippen molar-refractivity contribution in [3.05, 3.63) is 35.9 Å². The van der Waals surface area contributed by atoms with Gasteiger partial charge in [-0.25, -0.2) is 0 Å². The highest BCUT2D eigenvalue weighted by atomic mass is 79.9. The Kier molecular flexibility index (Phi) is 3.47. The average Bonchev–Trinajstić information content (AvgIpc) is 2.17. The van der Waals surface area contributed by atoms with Crippen LogP contribution in [0, 0.1) is 0 Å². The molecule has 1 aliphatic heterocycles. The van der Waals surface area contributed by atoms with Gasteiger partial charge in [-0.2, -0.15) is 0 Å². The summed E-state index contributed by atoms with van der Waals surface area (Å²) in [5.41, 5.74) is 1.42. The van der Waals surface area contributed by atoms with E-state index in [1.165, 1.54) is 24.9 Å². The van der Waals surface area contributed by atoms with E-state index < -0.39 is 0 Å². The third kappa shape index (κ3) is 3.32. The summed E-state index contributed by atoms with van der Waals surface area (Å²) in [7, 11) is 0. The van der Waals surface area contributed by atoms with Crippen LogP contribution in [0.5, 0.6) is 0 Å². The van der Waals surface area contributed by atoms with Crippen LogP contribution >= 0.6 is 15.9 Å². The van der Waals surface area contributed by atoms with Crippen LogP contribution < -0.4 is 0 Å². The van der Waals surface area contributed by atoms with Gasteiger partial charge in [0, 0.05) is 17.4 Å². The summed E-state index contributed by atoms with van der Waals surface area (Å²) in [5.74, 6) is 0. The van der Waals surface area contributed by atoms with Crippen LogP contribution in [0.2, 0.25) is 0 Å². The van der Waals surface area contributed by atoms with Crippen molar-refractivity contribution in [2.75, 3.05) is 13.1 Å². The molecule has 0 amide bonds. The predicted octanol–water partition coefficient (Wildman–Crippen LogP) is 3.44. The maximum Gasteiger partial charge on any atom is 0.0357 e. The molecule has 1 atom stereocenters. The number of rotatable bonds is 2. The number of nitrogens with zero attached hydrogens (tertiary/aromatic N) is 1. The molecule has 1 aromatic rings. The van der Waals surface area contributed by atoms with Crippen LogP contribution in [0.1, 0.15) is 25.3 Å². The summed E-state index contributed by atoms with van der Waals surface area (Å²) in [5, 5.41) is 0. The topological polar surface area (TPSA) is 3.24 Å². The first kappa shape index (κ1) is 11.2. The first-order valence-corrected chi connectivity index (χ1v) is 6.40. The second-order valence-electron chi connectivity index (χ2n) is 4.71. The summed E-state index contributed by atoms with van der Waals surface area (Å²) < 4.78 is 0.319. The van der Waals surface area contributed by atoms with Crippen LogP contribution in [0.4, 0.5) is 0 Å². The number of hydrogen-bond donors (Lipinski definition) is 0. The maximum absolute atomic E-state index is 3.80. The quantitative estimate of drug-likeness (QED) is 0.743. The van der Waals surface area contributed by atoms with Gasteiger partial charge in [-0.1, -0.05) is 46.3 Å². The lowest BCUT2D eigenvalue weighted by atomic mass is 9.99. The number of halogens is 1. The van der Waals surface area contributed by atoms with E-state index in [2.05, 4.69) is 58.1 Å². The molecule has 15 heavy (non-hydrogen) atoms. The van der Waals surface area contributed by atoms with Gasteiger partial charge in [0.25, 0.3) is 0 Å². The second kappa shape index (κ2) is 4.67. The van der Waals surface area contributed by atoms with Crippen molar-refractivity contribution in [3.63, 3.8) is 0 Å². The lowest BCUT2D eigenvalue weighted by Crippen LogP contribution is -2.41. The summed E-state index contributed by atoms with van der Waals surface area (Å²) in [6.45, 7) is 5.77. The van der Waals surface area contributed by atoms with Crippen molar-refractivity contribution in [3.8, 4) is 0 Å². The normalized spacial score (nSPS) is 27.9. The highest BCUT2D eigenvalue weighted by molar-refractivity contribution is 9.10. The van der Waals surface area contributed by atoms with E-state index in [1.807, 2.05) is 0 Å². The molecule has 2 rings (SSSR count). The van der Waals surface area contributed by atoms with Crippen LogP contribution in [0.15, 0.2) is 30.3 Å². The van der Waals surface area contributed by atoms with Crippen LogP contribution in [-0.4, -0.2) is 22.3 Å². The molecular formula is C13H18BrN. The van der Waals surface area contributed by atoms with Gasteiger partial charge >= 0.3 is 0 Å². The van der Waals surface area contributed by atoms with Crippen LogP contribution in [0.25, 0.3) is 0 Å². The van der Waals surface area contributed by atoms with Gasteiger partial charge in [0.2, 0.25) is 0 Å². The standard InChI is InChI=1S/C13H18BrN/c1-13(14)8-5-9-15(11-13)10-12-6-3-2-4-7-12/h2-4,6-7H,5,8-11H2,1H3/t13-/m1/s1. The lowest BCUT2D eigenvalue weighted by Gasteiger charge is -2.36. The zero-order chi connectivity index (χ0) is 10.7. The fourth-order valence-corrected chi connectivity index (χ4v) is 2.91. The molecule has 0 unspecified atom stereocenters. The number of piperidine rings is 1. The average molecular weight is 268 g/mol. The summed E-state index contributed by atoms with van der Waals surface area (Å²) >= 11 is 3.80. The highest BCUT2D eigenvalue weighted by Crippen LogP contribution is 2.29. The van der Waals surface area contributed by atoms with Gasteiger partial charge in [-0.15, -0.1) is 0 Å². The van der Waals surface area contributed by atoms with E-state index in [9.17, 15) is 0 Å². The highest BCUT2D eigenvalue weighted by Gasteiger charge is 2.27. The van der Waals surface area contributed by atoms with Gasteiger partial charge in [0.05, 0.1) is 0 Å². The maximum atomic E-state index is 3.80. The molecule has 1 nitrogen and oxygen atoms in total. The van der Waals surface area contributed by atoms with Crippen molar-refractivity contribution >= 4 is 15.9 Å². The molecule has 0 aliphatic carbocycles. The van der Waals surface area contributed by atoms with E-state index in [0.717, 1.165) is 13.1 Å². The van der Waals surface area contributed by atoms with E-state index >= 15 is 0 Å². The van der Waals surface area contributed by atoms with Gasteiger partial charge < -0.3 is 0 Å². The summed E-state index contributed by atoms with van der Waals surface area (Å²) in [4.78, 5) is 2.54. The molecule has 1 aromatic carbocycles. The number of benzene rings is 1. The first-order chi connectivity index (χ1) is 7.16. The molecule has 1 saturated heterocycles. The Morgan fingerprint density at radius 2 is 2.07 bits per heavy atom. The molecule has 0 saturated carbocycles. The van der Waals surface area contributed by atoms with Crippen molar-refractivity contribution in [2.45, 2.75) is 30.6 Å². The largest absolute Gasteiger partial charge is 0.298 e. The molecule has 1 heterocycles. The Balaban J connectivity index is 1.95. The molecule has 1 aliphatic rings. The third-order valence-electron chi connectivity index (χ3n) is 2.97. The molecule has 0 spiro atoms. The third-order valence-corrected chi connectivity index (χ3v) is 3.62. The molecular weight excluding hydrogens is 250 g/mol. The number of alkyl halides is 1. The van der Waals surface area contributed by atoms with E-state index in [0.29, 0.717) is 4.32 Å². The zero-order valence-corrected chi connectivity index (χ0v) is 10.8. The van der Waals surface area contributed by atoms with Crippen LogP contribution in [-0.2, 0) is 6.54 Å². The number of likely N-dealkylation sites (tertiary alicyclic amines) is 1. The Hall–Kier alpha value is -0.340. The van der Waals surface area contributed by atoms with Gasteiger partial charge in [0.15, 0.2) is 0 Å². The van der Waals surface area contributed by atoms with E-state index in [4.69, 9.17) is 0 Å². The minimum absolute atomic E-state index is 0.319. The van der Waals surface area contributed by atoms with Gasteiger partial charge in [-0.05, 0) is 31.9 Å². The molecule has 0 bridgehead atoms. The van der Waals surface area contributed by atoms with Crippen molar-refractivity contribution in [1.29, 1.82) is 0 Å². The minimum Gasteiger partial charge on any atom is -0.298 e. The second-order valence-corrected chi connectivity index (χ2v) is 6.63. The molecule has 82 valence electrons. The number of hydrogen-bond acceptors (Lipinski definition) is 1. The minimum atomic E-state index is 0.319. The van der Waals surface area contributed by atoms with Gasteiger partial charge in [-0.3, -0.25) is 4.90 Å². The lowest BCUT2D eigenvalue weighted by molar-refractivity contribution is 0.196.